The highest BCUT2D eigenvalue weighted by Crippen LogP contribution is 2.00. The molecule has 0 aromatic heterocycles. The number of carboxylic acids is 6. The summed E-state index contributed by atoms with van der Waals surface area (Å²) in [6, 6.07) is -6.45. The Morgan fingerprint density at radius 3 is 0.750 bits per heavy atom. The van der Waals surface area contributed by atoms with Crippen LogP contribution in [0.1, 0.15) is 38.5 Å². The van der Waals surface area contributed by atoms with Gasteiger partial charge >= 0.3 is 35.8 Å². The van der Waals surface area contributed by atoms with Gasteiger partial charge in [0.25, 0.3) is 0 Å². The molecule has 0 bridgehead atoms. The summed E-state index contributed by atoms with van der Waals surface area (Å²) >= 11 is 11.6. The quantitative estimate of drug-likeness (QED) is 0.0341. The molecule has 6 atom stereocenters. The Kier molecular flexibility index (Phi) is 32.8. The first-order valence-corrected chi connectivity index (χ1v) is 18.9. The van der Waals surface area contributed by atoms with Crippen molar-refractivity contribution in [2.24, 2.45) is 17.2 Å². The van der Waals surface area contributed by atoms with Crippen molar-refractivity contribution in [3.8, 4) is 0 Å². The Morgan fingerprint density at radius 1 is 0.400 bits per heavy atom. The number of hydrogen-bond acceptors (Lipinski definition) is 18. The summed E-state index contributed by atoms with van der Waals surface area (Å²) in [4.78, 5) is 131. The Bertz CT molecular complexity index is 1340. The third-order valence-electron chi connectivity index (χ3n) is 6.74. The minimum Gasteiger partial charge on any atom is -0.480 e. The van der Waals surface area contributed by atoms with Gasteiger partial charge in [-0.2, -0.15) is 37.9 Å². The number of carbonyl (C=O) groups is 12. The maximum absolute atomic E-state index is 11.5. The van der Waals surface area contributed by atoms with Crippen LogP contribution >= 0.6 is 37.9 Å². The molecule has 0 spiro atoms. The van der Waals surface area contributed by atoms with Gasteiger partial charge < -0.3 is 79.7 Å². The molecular formula is C30H51N9O18S3. The largest absolute Gasteiger partial charge is 0.480 e. The van der Waals surface area contributed by atoms with Crippen LogP contribution in [0.25, 0.3) is 0 Å². The molecule has 6 amide bonds. The lowest BCUT2D eigenvalue weighted by molar-refractivity contribution is -0.140. The highest BCUT2D eigenvalue weighted by Gasteiger charge is 2.23. The van der Waals surface area contributed by atoms with Gasteiger partial charge in [0.15, 0.2) is 0 Å². The SMILES string of the molecule is N[C@@H](CCC(=O)N[C@@H](CS)C(=O)NCC(=O)O)C(=O)O.N[C@@H](CCC(=O)N[C@@H](CS)C(=O)NCC(=O)O)C(=O)O.N[C@@H](CCC(=O)N[C@@H](CS)C(=O)NCC(=O)O)C(=O)O. The maximum Gasteiger partial charge on any atom is 0.322 e. The number of hydrogen-bond donors (Lipinski definition) is 18. The van der Waals surface area contributed by atoms with Crippen LogP contribution in [-0.4, -0.2) is 175 Å². The van der Waals surface area contributed by atoms with E-state index in [2.05, 4.69) is 69.8 Å². The van der Waals surface area contributed by atoms with Crippen LogP contribution in [0, 0.1) is 0 Å². The zero-order chi connectivity index (χ0) is 47.1. The molecule has 0 saturated heterocycles. The fourth-order valence-corrected chi connectivity index (χ4v) is 4.24. The summed E-state index contributed by atoms with van der Waals surface area (Å²) in [5.74, 6) is -11.1. The van der Waals surface area contributed by atoms with Crippen molar-refractivity contribution in [2.45, 2.75) is 74.8 Å². The fraction of sp³-hybridized carbons (Fsp3) is 0.600. The van der Waals surface area contributed by atoms with Gasteiger partial charge in [0.2, 0.25) is 35.4 Å². The average Bonchev–Trinajstić information content (AvgIpc) is 3.18. The number of carboxylic acid groups (broad SMARTS) is 6. The number of amides is 6. The Balaban J connectivity index is -0.000000812. The van der Waals surface area contributed by atoms with E-state index in [1.54, 1.807) is 0 Å². The van der Waals surface area contributed by atoms with Crippen LogP contribution in [0.3, 0.4) is 0 Å². The zero-order valence-corrected chi connectivity index (χ0v) is 34.3. The molecule has 0 aromatic rings. The third-order valence-corrected chi connectivity index (χ3v) is 7.84. The molecule has 18 N–H and O–H groups in total. The molecule has 27 nitrogen and oxygen atoms in total. The van der Waals surface area contributed by atoms with E-state index in [-0.39, 0.29) is 55.8 Å². The topological polar surface area (TPSA) is 476 Å². The fourth-order valence-electron chi connectivity index (χ4n) is 3.47. The minimum absolute atomic E-state index is 0.0256. The first-order chi connectivity index (χ1) is 27.8. The Hall–Kier alpha value is -5.43. The monoisotopic (exact) mass is 921 g/mol. The van der Waals surface area contributed by atoms with Crippen molar-refractivity contribution in [3.63, 3.8) is 0 Å². The maximum atomic E-state index is 11.5. The van der Waals surface area contributed by atoms with Crippen molar-refractivity contribution in [3.05, 3.63) is 0 Å². The normalized spacial score (nSPS) is 13.1. The van der Waals surface area contributed by atoms with E-state index in [0.29, 0.717) is 0 Å². The molecule has 60 heavy (non-hydrogen) atoms. The molecule has 0 rings (SSSR count). The van der Waals surface area contributed by atoms with E-state index < -0.39 is 127 Å². The predicted octanol–water partition coefficient (Wildman–Crippen LogP) is -6.62. The molecule has 30 heteroatoms. The van der Waals surface area contributed by atoms with E-state index in [9.17, 15) is 57.5 Å². The molecule has 0 fully saturated rings. The summed E-state index contributed by atoms with van der Waals surface area (Å²) in [5.41, 5.74) is 15.7. The van der Waals surface area contributed by atoms with Crippen LogP contribution in [-0.2, 0) is 57.5 Å². The molecule has 342 valence electrons. The van der Waals surface area contributed by atoms with Crippen molar-refractivity contribution in [2.75, 3.05) is 36.9 Å². The second-order valence-corrected chi connectivity index (χ2v) is 12.8. The molecule has 0 unspecified atom stereocenters. The number of carbonyl (C=O) groups excluding carboxylic acids is 6. The van der Waals surface area contributed by atoms with Gasteiger partial charge in [-0.1, -0.05) is 0 Å². The van der Waals surface area contributed by atoms with Crippen molar-refractivity contribution < 1.29 is 88.2 Å². The van der Waals surface area contributed by atoms with Gasteiger partial charge in [0.1, 0.15) is 55.9 Å². The number of nitrogens with two attached hydrogens (primary N) is 3. The molecule has 0 aromatic carbocycles. The standard InChI is InChI=1S/3C10H17N3O6S/c3*11-5(10(18)19)1-2-7(14)13-6(4-20)9(17)12-3-8(15)16/h3*5-6,20H,1-4,11H2,(H,12,17)(H,13,14)(H,15,16)(H,18,19)/t3*5-,6-/m000/s1. The Morgan fingerprint density at radius 2 is 0.600 bits per heavy atom. The molecule has 0 heterocycles. The first-order valence-electron chi connectivity index (χ1n) is 17.0. The van der Waals surface area contributed by atoms with Gasteiger partial charge in [-0.15, -0.1) is 0 Å². The summed E-state index contributed by atoms with van der Waals surface area (Å²) in [6.07, 6.45) is -0.705. The van der Waals surface area contributed by atoms with E-state index in [0.717, 1.165) is 0 Å². The number of rotatable bonds is 27. The number of nitrogens with one attached hydrogen (secondary N) is 6. The summed E-state index contributed by atoms with van der Waals surface area (Å²) in [7, 11) is 0. The molecule has 0 aliphatic carbocycles. The smallest absolute Gasteiger partial charge is 0.322 e. The van der Waals surface area contributed by atoms with Crippen LogP contribution in [0.5, 0.6) is 0 Å². The molecule has 0 saturated carbocycles. The first kappa shape index (κ1) is 58.9. The van der Waals surface area contributed by atoms with Crippen molar-refractivity contribution >= 4 is 109 Å². The molecule has 0 radical (unpaired) electrons. The van der Waals surface area contributed by atoms with Crippen molar-refractivity contribution in [1.82, 2.24) is 31.9 Å². The van der Waals surface area contributed by atoms with Gasteiger partial charge in [0, 0.05) is 36.5 Å². The van der Waals surface area contributed by atoms with Crippen molar-refractivity contribution in [1.29, 1.82) is 0 Å². The lowest BCUT2D eigenvalue weighted by Gasteiger charge is -2.16. The summed E-state index contributed by atoms with van der Waals surface area (Å²) < 4.78 is 0. The number of thiol groups is 3. The van der Waals surface area contributed by atoms with Gasteiger partial charge in [-0.25, -0.2) is 0 Å². The van der Waals surface area contributed by atoms with E-state index >= 15 is 0 Å². The van der Waals surface area contributed by atoms with E-state index in [4.69, 9.17) is 47.8 Å². The highest BCUT2D eigenvalue weighted by atomic mass is 32.1. The van der Waals surface area contributed by atoms with E-state index in [1.807, 2.05) is 0 Å². The van der Waals surface area contributed by atoms with Gasteiger partial charge in [-0.05, 0) is 19.3 Å². The molecular weight excluding hydrogens is 871 g/mol. The zero-order valence-electron chi connectivity index (χ0n) is 31.6. The lowest BCUT2D eigenvalue weighted by Crippen LogP contribution is -2.49. The van der Waals surface area contributed by atoms with Gasteiger partial charge in [0.05, 0.1) is 0 Å². The average molecular weight is 922 g/mol. The molecule has 0 aliphatic heterocycles. The van der Waals surface area contributed by atoms with Crippen LogP contribution in [0.4, 0.5) is 0 Å². The highest BCUT2D eigenvalue weighted by molar-refractivity contribution is 7.80. The second kappa shape index (κ2) is 33.4. The number of aliphatic carboxylic acids is 6. The summed E-state index contributed by atoms with van der Waals surface area (Å²) in [6.45, 7) is -1.70. The lowest BCUT2D eigenvalue weighted by atomic mass is 10.1. The summed E-state index contributed by atoms with van der Waals surface area (Å²) in [5, 5.41) is 64.1. The predicted molar refractivity (Wildman–Crippen MR) is 214 cm³/mol. The van der Waals surface area contributed by atoms with Crippen LogP contribution in [0.2, 0.25) is 0 Å². The van der Waals surface area contributed by atoms with Crippen LogP contribution in [0.15, 0.2) is 0 Å². The third kappa shape index (κ3) is 31.5. The van der Waals surface area contributed by atoms with Gasteiger partial charge in [-0.3, -0.25) is 57.5 Å². The Labute approximate surface area is 357 Å². The second-order valence-electron chi connectivity index (χ2n) is 11.7. The van der Waals surface area contributed by atoms with Crippen LogP contribution < -0.4 is 49.1 Å². The minimum atomic E-state index is -1.22. The van der Waals surface area contributed by atoms with E-state index in [1.165, 1.54) is 0 Å². The molecule has 0 aliphatic rings.